The van der Waals surface area contributed by atoms with E-state index in [0.717, 1.165) is 23.8 Å². The summed E-state index contributed by atoms with van der Waals surface area (Å²) in [5, 5.41) is 14.6. The van der Waals surface area contributed by atoms with Crippen molar-refractivity contribution >= 4 is 27.5 Å². The second-order valence-corrected chi connectivity index (χ2v) is 12.4. The number of nitrogens with one attached hydrogen (secondary N) is 1. The number of fused-ring (bicyclic) bond motifs is 4. The van der Waals surface area contributed by atoms with Gasteiger partial charge in [-0.2, -0.15) is 9.97 Å². The molecule has 3 aliphatic rings. The molecule has 2 bridgehead atoms. The summed E-state index contributed by atoms with van der Waals surface area (Å²) in [7, 11) is 0. The van der Waals surface area contributed by atoms with Gasteiger partial charge in [-0.15, -0.1) is 12.8 Å². The number of piperazine rings is 1. The number of hydrogen-bond acceptors (Lipinski definition) is 8. The van der Waals surface area contributed by atoms with Gasteiger partial charge in [0.25, 0.3) is 0 Å². The fraction of sp³-hybridized carbons (Fsp3) is 0.361. The van der Waals surface area contributed by atoms with Crippen molar-refractivity contribution in [2.24, 2.45) is 5.41 Å². The number of pyridine rings is 1. The maximum atomic E-state index is 17.2. The van der Waals surface area contributed by atoms with Crippen LogP contribution in [0.4, 0.5) is 19.0 Å². The predicted octanol–water partition coefficient (Wildman–Crippen LogP) is 5.31. The minimum Gasteiger partial charge on any atom is -0.508 e. The first-order valence-electron chi connectivity index (χ1n) is 17.6. The molecule has 0 radical (unpaired) electrons. The highest BCUT2D eigenvalue weighted by atomic mass is 19.1. The molecular weight excluding hydrogens is 605 g/mol. The zero-order valence-electron chi connectivity index (χ0n) is 30.4. The van der Waals surface area contributed by atoms with Crippen LogP contribution < -0.4 is 15.0 Å². The van der Waals surface area contributed by atoms with Crippen molar-refractivity contribution in [1.29, 1.82) is 0 Å². The number of terminal acetylenes is 2. The number of ether oxygens (including phenoxy) is 1. The van der Waals surface area contributed by atoms with Crippen LogP contribution in [0.5, 0.6) is 11.8 Å². The summed E-state index contributed by atoms with van der Waals surface area (Å²) >= 11 is 0. The van der Waals surface area contributed by atoms with Crippen LogP contribution in [-0.2, 0) is 0 Å². The molecule has 2 aromatic carbocycles. The first kappa shape index (κ1) is 25.3. The third-order valence-corrected chi connectivity index (χ3v) is 9.22. The topological polar surface area (TPSA) is 86.6 Å². The van der Waals surface area contributed by atoms with Crippen molar-refractivity contribution < 1.29 is 29.9 Å². The molecule has 240 valence electrons. The summed E-state index contributed by atoms with van der Waals surface area (Å²) in [5.41, 5.74) is -3.05. The number of likely N-dealkylation sites (tertiary alicyclic amines) is 1. The molecular formula is C36H33F3N6O2. The van der Waals surface area contributed by atoms with Gasteiger partial charge in [-0.3, -0.25) is 0 Å². The highest BCUT2D eigenvalue weighted by Gasteiger charge is 2.37. The number of nitrogens with zero attached hydrogens (tertiary/aromatic N) is 5. The lowest BCUT2D eigenvalue weighted by atomic mass is 9.78. The van der Waals surface area contributed by atoms with Crippen molar-refractivity contribution in [2.45, 2.75) is 38.3 Å². The molecule has 2 aromatic heterocycles. The molecule has 47 heavy (non-hydrogen) atoms. The number of halogens is 3. The first-order valence-corrected chi connectivity index (χ1v) is 15.1. The molecule has 3 fully saturated rings. The smallest absolute Gasteiger partial charge is 0.319 e. The number of piperidine rings is 1. The average Bonchev–Trinajstić information content (AvgIpc) is 3.44. The van der Waals surface area contributed by atoms with Gasteiger partial charge in [0.2, 0.25) is 0 Å². The van der Waals surface area contributed by atoms with E-state index < -0.39 is 54.4 Å². The van der Waals surface area contributed by atoms with E-state index in [1.807, 2.05) is 4.90 Å². The van der Waals surface area contributed by atoms with E-state index in [1.165, 1.54) is 25.1 Å². The highest BCUT2D eigenvalue weighted by Crippen LogP contribution is 2.41. The zero-order valence-corrected chi connectivity index (χ0v) is 25.4. The van der Waals surface area contributed by atoms with Gasteiger partial charge >= 0.3 is 6.01 Å². The number of phenols is 1. The molecule has 2 N–H and O–H groups in total. The monoisotopic (exact) mass is 643 g/mol. The SMILES string of the molecule is [2H]C([2H])([2H])N1CC/C(=C\F)[C@](C)(C([2H])([2H])Oc2nc(N3C[C@H]4CC[C@@H](C3)N4)c3c(C#C)nc(-c4cc(O)cc5ccc(F)c(C#C)c45)c(F)c3n2)C1. The van der Waals surface area contributed by atoms with Gasteiger partial charge < -0.3 is 25.0 Å². The Labute approximate surface area is 277 Å². The number of benzene rings is 2. The Morgan fingerprint density at radius 2 is 1.96 bits per heavy atom. The molecule has 3 aliphatic heterocycles. The first-order chi connectivity index (χ1) is 24.6. The molecule has 7 rings (SSSR count). The summed E-state index contributed by atoms with van der Waals surface area (Å²) in [6, 6.07) is 4.55. The van der Waals surface area contributed by atoms with Crippen LogP contribution in [-0.4, -0.2) is 76.8 Å². The lowest BCUT2D eigenvalue weighted by molar-refractivity contribution is 0.109. The molecule has 8 nitrogen and oxygen atoms in total. The number of hydrogen-bond donors (Lipinski definition) is 2. The molecule has 5 heterocycles. The molecule has 4 aromatic rings. The third-order valence-electron chi connectivity index (χ3n) is 9.22. The summed E-state index contributed by atoms with van der Waals surface area (Å²) in [6.07, 6.45) is 13.6. The van der Waals surface area contributed by atoms with Crippen LogP contribution in [0, 0.1) is 41.7 Å². The van der Waals surface area contributed by atoms with Crippen molar-refractivity contribution in [3.8, 4) is 47.7 Å². The molecule has 0 spiro atoms. The van der Waals surface area contributed by atoms with Crippen molar-refractivity contribution in [2.75, 3.05) is 44.6 Å². The van der Waals surface area contributed by atoms with E-state index in [1.54, 1.807) is 0 Å². The molecule has 0 aliphatic carbocycles. The van der Waals surface area contributed by atoms with Gasteiger partial charge in [-0.25, -0.2) is 18.2 Å². The number of phenolic OH excluding ortho intramolecular Hbond substituents is 1. The third kappa shape index (κ3) is 5.30. The van der Waals surface area contributed by atoms with Crippen LogP contribution in [0.25, 0.3) is 32.9 Å². The van der Waals surface area contributed by atoms with E-state index in [4.69, 9.17) is 24.4 Å². The predicted molar refractivity (Wildman–Crippen MR) is 175 cm³/mol. The molecule has 3 atom stereocenters. The Balaban J connectivity index is 1.46. The quantitative estimate of drug-likeness (QED) is 0.284. The largest absolute Gasteiger partial charge is 0.508 e. The Bertz CT molecular complexity index is 2240. The number of aromatic hydroxyl groups is 1. The molecule has 0 amide bonds. The van der Waals surface area contributed by atoms with Crippen molar-refractivity contribution in [1.82, 2.24) is 25.2 Å². The summed E-state index contributed by atoms with van der Waals surface area (Å²) < 4.78 is 94.2. The molecule has 11 heteroatoms. The molecule has 0 saturated carbocycles. The van der Waals surface area contributed by atoms with Gasteiger partial charge in [0.1, 0.15) is 40.8 Å². The van der Waals surface area contributed by atoms with Crippen LogP contribution in [0.2, 0.25) is 0 Å². The number of rotatable bonds is 5. The minimum atomic E-state index is -2.83. The second kappa shape index (κ2) is 11.8. The Morgan fingerprint density at radius 1 is 1.17 bits per heavy atom. The number of aromatic nitrogens is 3. The number of anilines is 1. The van der Waals surface area contributed by atoms with Crippen molar-refractivity contribution in [3.05, 3.63) is 59.1 Å². The van der Waals surface area contributed by atoms with Gasteiger partial charge in [0.05, 0.1) is 20.0 Å². The van der Waals surface area contributed by atoms with Gasteiger partial charge in [-0.05, 0) is 61.3 Å². The van der Waals surface area contributed by atoms with Gasteiger partial charge in [-0.1, -0.05) is 18.9 Å². The van der Waals surface area contributed by atoms with Crippen LogP contribution in [0.1, 0.15) is 44.3 Å². The zero-order chi connectivity index (χ0) is 37.3. The van der Waals surface area contributed by atoms with E-state index in [2.05, 4.69) is 32.1 Å². The van der Waals surface area contributed by atoms with Crippen LogP contribution in [0.3, 0.4) is 0 Å². The maximum absolute atomic E-state index is 17.2. The van der Waals surface area contributed by atoms with E-state index in [9.17, 15) is 13.9 Å². The summed E-state index contributed by atoms with van der Waals surface area (Å²) in [4.78, 5) is 16.3. The molecule has 0 unspecified atom stereocenters. The van der Waals surface area contributed by atoms with Crippen molar-refractivity contribution in [3.63, 3.8) is 0 Å². The van der Waals surface area contributed by atoms with Crippen LogP contribution >= 0.6 is 0 Å². The highest BCUT2D eigenvalue weighted by molar-refractivity contribution is 6.04. The summed E-state index contributed by atoms with van der Waals surface area (Å²) in [6.45, 7) is -3.68. The van der Waals surface area contributed by atoms with E-state index in [0.29, 0.717) is 18.5 Å². The van der Waals surface area contributed by atoms with E-state index in [-0.39, 0.29) is 76.1 Å². The van der Waals surface area contributed by atoms with Crippen LogP contribution in [0.15, 0.2) is 36.2 Å². The Hall–Kier alpha value is -4.84. The Kier molecular flexibility index (Phi) is 6.32. The minimum absolute atomic E-state index is 0.0164. The maximum Gasteiger partial charge on any atom is 0.319 e. The molecule has 3 saturated heterocycles. The van der Waals surface area contributed by atoms with E-state index >= 15 is 4.39 Å². The van der Waals surface area contributed by atoms with Gasteiger partial charge in [0, 0.05) is 58.7 Å². The Morgan fingerprint density at radius 3 is 2.66 bits per heavy atom. The average molecular weight is 644 g/mol. The fourth-order valence-electron chi connectivity index (χ4n) is 6.94. The lowest BCUT2D eigenvalue weighted by Crippen LogP contribution is -2.51. The normalized spacial score (nSPS) is 25.9. The summed E-state index contributed by atoms with van der Waals surface area (Å²) in [5.74, 6) is 2.78. The second-order valence-electron chi connectivity index (χ2n) is 12.4. The standard InChI is InChI=1S/C36H33F3N6O2/c1-5-25-27(38)10-7-20-13-24(46)14-26(29(20)25)32-31(39)33-30(28(6-2)41-32)34(45-16-22-8-9-23(17-45)40-22)43-35(42-33)47-19-36(3)18-44(4)12-11-21(36)15-37/h1-2,7,10,13-15,22-23,40,46H,8-9,11-12,16-19H2,3-4H3/b21-15+/t22-,23+,36-/m0/s1/i4D3,19D2. The fourth-order valence-corrected chi connectivity index (χ4v) is 6.94. The van der Waals surface area contributed by atoms with Gasteiger partial charge in [0.15, 0.2) is 5.82 Å². The lowest BCUT2D eigenvalue weighted by Gasteiger charge is -2.40.